The Morgan fingerprint density at radius 1 is 0.875 bits per heavy atom. The summed E-state index contributed by atoms with van der Waals surface area (Å²) in [4.78, 5) is 13.2. The molecule has 32 heavy (non-hydrogen) atoms. The van der Waals surface area contributed by atoms with Crippen molar-refractivity contribution in [1.82, 2.24) is 0 Å². The van der Waals surface area contributed by atoms with E-state index in [0.717, 1.165) is 24.3 Å². The Bertz CT molecular complexity index is 1230. The van der Waals surface area contributed by atoms with Crippen molar-refractivity contribution in [3.8, 4) is 40.1 Å². The van der Waals surface area contributed by atoms with Crippen LogP contribution in [0.15, 0.2) is 39.5 Å². The molecule has 0 radical (unpaired) electrons. The Morgan fingerprint density at radius 2 is 1.59 bits per heavy atom. The van der Waals surface area contributed by atoms with E-state index >= 15 is 0 Å². The van der Waals surface area contributed by atoms with Crippen LogP contribution in [0.5, 0.6) is 28.7 Å². The van der Waals surface area contributed by atoms with E-state index in [1.165, 1.54) is 13.0 Å². The van der Waals surface area contributed by atoms with E-state index in [1.54, 1.807) is 0 Å². The fourth-order valence-corrected chi connectivity index (χ4v) is 3.46. The maximum atomic E-state index is 13.2. The highest BCUT2D eigenvalue weighted by molar-refractivity contribution is 5.88. The van der Waals surface area contributed by atoms with Gasteiger partial charge in [-0.25, -0.2) is 0 Å². The lowest BCUT2D eigenvalue weighted by Crippen LogP contribution is -2.58. The molecule has 0 unspecified atom stereocenters. The summed E-state index contributed by atoms with van der Waals surface area (Å²) in [7, 11) is 0. The molecule has 2 aromatic carbocycles. The summed E-state index contributed by atoms with van der Waals surface area (Å²) in [6.45, 7) is 1.42. The van der Waals surface area contributed by atoms with Gasteiger partial charge < -0.3 is 49.6 Å². The van der Waals surface area contributed by atoms with Crippen molar-refractivity contribution in [2.75, 3.05) is 0 Å². The van der Waals surface area contributed by atoms with E-state index in [0.29, 0.717) is 0 Å². The number of aromatic hydroxyl groups is 4. The summed E-state index contributed by atoms with van der Waals surface area (Å²) in [5.41, 5.74) is -1.05. The standard InChI is InChI=1S/C21H20O11/c1-7-15(26)17(28)18(29)21(30-7)32-20-16(27)14-12(25)5-9(22)6-13(14)31-19(20)8-2-3-10(23)11(24)4-8/h2-7,15,17-18,21-26,28-29H,1H3/t7-,15+,17-,18+,21+/m0/s1. The SMILES string of the molecule is C[C@@H]1O[C@H](Oc2c(-c3ccc(O)c(O)c3)oc3cc(O)cc(O)c3c2=O)[C@H](O)[C@@H](O)[C@@H]1O. The minimum atomic E-state index is -1.74. The second-order valence-corrected chi connectivity index (χ2v) is 7.43. The van der Waals surface area contributed by atoms with Gasteiger partial charge >= 0.3 is 0 Å². The zero-order valence-corrected chi connectivity index (χ0v) is 16.5. The Hall–Kier alpha value is -3.51. The molecule has 3 aromatic rings. The van der Waals surface area contributed by atoms with Crippen molar-refractivity contribution < 1.29 is 49.6 Å². The highest BCUT2D eigenvalue weighted by Gasteiger charge is 2.44. The molecule has 1 aromatic heterocycles. The third-order valence-corrected chi connectivity index (χ3v) is 5.20. The van der Waals surface area contributed by atoms with Gasteiger partial charge in [-0.3, -0.25) is 4.79 Å². The summed E-state index contributed by atoms with van der Waals surface area (Å²) < 4.78 is 16.6. The number of hydrogen-bond acceptors (Lipinski definition) is 11. The Morgan fingerprint density at radius 3 is 2.28 bits per heavy atom. The third kappa shape index (κ3) is 3.56. The minimum Gasteiger partial charge on any atom is -0.508 e. The fourth-order valence-electron chi connectivity index (χ4n) is 3.46. The lowest BCUT2D eigenvalue weighted by atomic mass is 10.00. The molecule has 11 heteroatoms. The monoisotopic (exact) mass is 448 g/mol. The first-order chi connectivity index (χ1) is 15.1. The minimum absolute atomic E-state index is 0.0658. The van der Waals surface area contributed by atoms with E-state index in [1.807, 2.05) is 0 Å². The Labute approximate surface area is 179 Å². The lowest BCUT2D eigenvalue weighted by Gasteiger charge is -2.38. The molecule has 1 fully saturated rings. The second kappa shape index (κ2) is 7.88. The molecule has 5 atom stereocenters. The molecule has 1 aliphatic heterocycles. The fraction of sp³-hybridized carbons (Fsp3) is 0.286. The van der Waals surface area contributed by atoms with Crippen LogP contribution in [0.25, 0.3) is 22.3 Å². The molecule has 0 bridgehead atoms. The number of aliphatic hydroxyl groups excluding tert-OH is 3. The van der Waals surface area contributed by atoms with Crippen LogP contribution in [-0.2, 0) is 4.74 Å². The van der Waals surface area contributed by atoms with Crippen LogP contribution in [0.2, 0.25) is 0 Å². The summed E-state index contributed by atoms with van der Waals surface area (Å²) in [6, 6.07) is 5.51. The molecule has 2 heterocycles. The smallest absolute Gasteiger partial charge is 0.239 e. The van der Waals surface area contributed by atoms with Crippen LogP contribution >= 0.6 is 0 Å². The van der Waals surface area contributed by atoms with E-state index in [-0.39, 0.29) is 28.0 Å². The first-order valence-electron chi connectivity index (χ1n) is 9.50. The number of rotatable bonds is 3. The summed E-state index contributed by atoms with van der Waals surface area (Å²) >= 11 is 0. The van der Waals surface area contributed by atoms with Gasteiger partial charge in [-0.15, -0.1) is 0 Å². The van der Waals surface area contributed by atoms with Gasteiger partial charge in [0.1, 0.15) is 40.8 Å². The number of aliphatic hydroxyl groups is 3. The zero-order chi connectivity index (χ0) is 23.3. The summed E-state index contributed by atoms with van der Waals surface area (Å²) in [5, 5.41) is 69.2. The number of fused-ring (bicyclic) bond motifs is 1. The lowest BCUT2D eigenvalue weighted by molar-refractivity contribution is -0.268. The molecule has 0 spiro atoms. The van der Waals surface area contributed by atoms with Crippen molar-refractivity contribution in [1.29, 1.82) is 0 Å². The van der Waals surface area contributed by atoms with Crippen molar-refractivity contribution in [2.24, 2.45) is 0 Å². The Balaban J connectivity index is 1.92. The second-order valence-electron chi connectivity index (χ2n) is 7.43. The van der Waals surface area contributed by atoms with Crippen LogP contribution in [0.1, 0.15) is 6.92 Å². The summed E-state index contributed by atoms with van der Waals surface area (Å²) in [6.07, 6.45) is -7.35. The number of benzene rings is 2. The molecule has 7 N–H and O–H groups in total. The van der Waals surface area contributed by atoms with E-state index < -0.39 is 59.1 Å². The van der Waals surface area contributed by atoms with Crippen molar-refractivity contribution >= 4 is 11.0 Å². The predicted octanol–water partition coefficient (Wildman–Crippen LogP) is 0.489. The van der Waals surface area contributed by atoms with Crippen LogP contribution in [0.3, 0.4) is 0 Å². The van der Waals surface area contributed by atoms with Crippen molar-refractivity contribution in [3.63, 3.8) is 0 Å². The molecule has 0 aliphatic carbocycles. The average Bonchev–Trinajstić information content (AvgIpc) is 2.73. The average molecular weight is 448 g/mol. The topological polar surface area (TPSA) is 190 Å². The highest BCUT2D eigenvalue weighted by Crippen LogP contribution is 2.39. The molecular weight excluding hydrogens is 428 g/mol. The normalized spacial score (nSPS) is 25.7. The van der Waals surface area contributed by atoms with Crippen LogP contribution in [0, 0.1) is 0 Å². The maximum absolute atomic E-state index is 13.2. The molecule has 0 saturated carbocycles. The summed E-state index contributed by atoms with van der Waals surface area (Å²) in [5.74, 6) is -2.80. The Kier molecular flexibility index (Phi) is 5.34. The molecule has 170 valence electrons. The largest absolute Gasteiger partial charge is 0.508 e. The first-order valence-corrected chi connectivity index (χ1v) is 9.50. The van der Waals surface area contributed by atoms with Gasteiger partial charge in [0.05, 0.1) is 6.10 Å². The van der Waals surface area contributed by atoms with E-state index in [2.05, 4.69) is 0 Å². The number of ether oxygens (including phenoxy) is 2. The maximum Gasteiger partial charge on any atom is 0.239 e. The van der Waals surface area contributed by atoms with Crippen LogP contribution in [0.4, 0.5) is 0 Å². The third-order valence-electron chi connectivity index (χ3n) is 5.20. The van der Waals surface area contributed by atoms with Gasteiger partial charge in [0.2, 0.25) is 17.5 Å². The number of phenols is 4. The molecule has 4 rings (SSSR count). The quantitative estimate of drug-likeness (QED) is 0.276. The van der Waals surface area contributed by atoms with Crippen molar-refractivity contribution in [2.45, 2.75) is 37.6 Å². The molecular formula is C21H20O11. The van der Waals surface area contributed by atoms with Gasteiger partial charge in [-0.05, 0) is 25.1 Å². The van der Waals surface area contributed by atoms with Gasteiger partial charge in [0.15, 0.2) is 17.3 Å². The predicted molar refractivity (Wildman–Crippen MR) is 108 cm³/mol. The molecule has 11 nitrogen and oxygen atoms in total. The van der Waals surface area contributed by atoms with E-state index in [9.17, 15) is 40.5 Å². The molecule has 0 amide bonds. The number of phenolic OH excluding ortho intramolecular Hbond substituents is 4. The van der Waals surface area contributed by atoms with Gasteiger partial charge in [0, 0.05) is 17.7 Å². The van der Waals surface area contributed by atoms with Gasteiger partial charge in [-0.2, -0.15) is 0 Å². The first kappa shape index (κ1) is 21.7. The van der Waals surface area contributed by atoms with E-state index in [4.69, 9.17) is 13.9 Å². The highest BCUT2D eigenvalue weighted by atomic mass is 16.7. The van der Waals surface area contributed by atoms with Crippen LogP contribution in [-0.4, -0.2) is 66.5 Å². The van der Waals surface area contributed by atoms with Gasteiger partial charge in [-0.1, -0.05) is 0 Å². The molecule has 1 aliphatic rings. The van der Waals surface area contributed by atoms with Crippen molar-refractivity contribution in [3.05, 3.63) is 40.6 Å². The van der Waals surface area contributed by atoms with Crippen LogP contribution < -0.4 is 10.2 Å². The van der Waals surface area contributed by atoms with Gasteiger partial charge in [0.25, 0.3) is 0 Å². The molecule has 1 saturated heterocycles. The number of hydrogen-bond donors (Lipinski definition) is 7. The zero-order valence-electron chi connectivity index (χ0n) is 16.5.